The highest BCUT2D eigenvalue weighted by Crippen LogP contribution is 2.15. The van der Waals surface area contributed by atoms with Gasteiger partial charge in [-0.3, -0.25) is 4.79 Å². The third kappa shape index (κ3) is 9.86. The summed E-state index contributed by atoms with van der Waals surface area (Å²) < 4.78 is 5.79. The molecule has 0 aliphatic carbocycles. The van der Waals surface area contributed by atoms with Crippen LogP contribution in [-0.2, 0) is 9.53 Å². The molecule has 0 bridgehead atoms. The molecule has 0 aliphatic heterocycles. The van der Waals surface area contributed by atoms with Gasteiger partial charge in [-0.15, -0.1) is 0 Å². The van der Waals surface area contributed by atoms with Crippen LogP contribution in [0.2, 0.25) is 0 Å². The van der Waals surface area contributed by atoms with Gasteiger partial charge in [0.05, 0.1) is 6.10 Å². The topological polar surface area (TPSA) is 58.6 Å². The lowest BCUT2D eigenvalue weighted by molar-refractivity contribution is -0.144. The molecular formula is C17H35NO3. The molecule has 4 heteroatoms. The van der Waals surface area contributed by atoms with Crippen molar-refractivity contribution in [3.8, 4) is 0 Å². The van der Waals surface area contributed by atoms with Crippen LogP contribution in [0, 0.1) is 0 Å². The SMILES string of the molecule is CCCCCCC(C)OCCCCC(C)(NCC)C(=O)O. The highest BCUT2D eigenvalue weighted by atomic mass is 16.5. The zero-order valence-corrected chi connectivity index (χ0v) is 14.4. The number of hydrogen-bond acceptors (Lipinski definition) is 3. The quantitative estimate of drug-likeness (QED) is 0.476. The van der Waals surface area contributed by atoms with Crippen molar-refractivity contribution in [1.82, 2.24) is 5.32 Å². The van der Waals surface area contributed by atoms with Crippen LogP contribution < -0.4 is 5.32 Å². The average Bonchev–Trinajstić information content (AvgIpc) is 2.43. The Labute approximate surface area is 130 Å². The Bertz CT molecular complexity index is 271. The Morgan fingerprint density at radius 2 is 1.90 bits per heavy atom. The first-order valence-corrected chi connectivity index (χ1v) is 8.56. The fraction of sp³-hybridized carbons (Fsp3) is 0.941. The van der Waals surface area contributed by atoms with Gasteiger partial charge in [-0.2, -0.15) is 0 Å². The van der Waals surface area contributed by atoms with Crippen molar-refractivity contribution >= 4 is 5.97 Å². The maximum absolute atomic E-state index is 11.3. The highest BCUT2D eigenvalue weighted by Gasteiger charge is 2.30. The van der Waals surface area contributed by atoms with E-state index in [9.17, 15) is 9.90 Å². The van der Waals surface area contributed by atoms with Gasteiger partial charge in [0.25, 0.3) is 0 Å². The molecule has 0 spiro atoms. The van der Waals surface area contributed by atoms with E-state index < -0.39 is 11.5 Å². The monoisotopic (exact) mass is 301 g/mol. The van der Waals surface area contributed by atoms with Crippen LogP contribution >= 0.6 is 0 Å². The Morgan fingerprint density at radius 1 is 1.19 bits per heavy atom. The molecule has 0 aliphatic rings. The van der Waals surface area contributed by atoms with Crippen LogP contribution in [0.5, 0.6) is 0 Å². The minimum absolute atomic E-state index is 0.321. The first-order chi connectivity index (χ1) is 9.96. The van der Waals surface area contributed by atoms with E-state index in [4.69, 9.17) is 4.74 Å². The lowest BCUT2D eigenvalue weighted by Gasteiger charge is -2.25. The number of ether oxygens (including phenoxy) is 1. The number of carboxylic acid groups (broad SMARTS) is 1. The van der Waals surface area contributed by atoms with E-state index in [1.807, 2.05) is 6.92 Å². The normalized spacial score (nSPS) is 15.6. The summed E-state index contributed by atoms with van der Waals surface area (Å²) in [6.45, 7) is 9.45. The van der Waals surface area contributed by atoms with Gasteiger partial charge in [0.1, 0.15) is 5.54 Å². The second-order valence-corrected chi connectivity index (χ2v) is 6.16. The highest BCUT2D eigenvalue weighted by molar-refractivity contribution is 5.78. The standard InChI is InChI=1S/C17H35NO3/c1-5-7-8-9-12-15(3)21-14-11-10-13-17(4,16(19)20)18-6-2/h15,18H,5-14H2,1-4H3,(H,19,20). The summed E-state index contributed by atoms with van der Waals surface area (Å²) >= 11 is 0. The minimum atomic E-state index is -0.805. The number of likely N-dealkylation sites (N-methyl/N-ethyl adjacent to an activating group) is 1. The molecule has 0 heterocycles. The molecule has 0 saturated heterocycles. The molecular weight excluding hydrogens is 266 g/mol. The van der Waals surface area contributed by atoms with Crippen molar-refractivity contribution in [3.63, 3.8) is 0 Å². The molecule has 0 fully saturated rings. The lowest BCUT2D eigenvalue weighted by atomic mass is 9.95. The van der Waals surface area contributed by atoms with Crippen molar-refractivity contribution in [2.75, 3.05) is 13.2 Å². The second-order valence-electron chi connectivity index (χ2n) is 6.16. The Kier molecular flexibility index (Phi) is 11.6. The van der Waals surface area contributed by atoms with E-state index in [1.165, 1.54) is 25.7 Å². The predicted octanol–water partition coefficient (Wildman–Crippen LogP) is 3.99. The maximum Gasteiger partial charge on any atom is 0.323 e. The molecule has 0 amide bonds. The fourth-order valence-electron chi connectivity index (χ4n) is 2.47. The molecule has 0 aromatic carbocycles. The van der Waals surface area contributed by atoms with Crippen LogP contribution in [-0.4, -0.2) is 35.9 Å². The predicted molar refractivity (Wildman–Crippen MR) is 87.7 cm³/mol. The average molecular weight is 301 g/mol. The smallest absolute Gasteiger partial charge is 0.323 e. The Balaban J connectivity index is 3.68. The van der Waals surface area contributed by atoms with Gasteiger partial charge in [-0.1, -0.05) is 39.5 Å². The van der Waals surface area contributed by atoms with Crippen molar-refractivity contribution in [1.29, 1.82) is 0 Å². The molecule has 0 aromatic heterocycles. The molecule has 0 rings (SSSR count). The third-order valence-electron chi connectivity index (χ3n) is 3.98. The number of carboxylic acids is 1. The number of carbonyl (C=O) groups is 1. The van der Waals surface area contributed by atoms with E-state index in [0.29, 0.717) is 19.1 Å². The molecule has 0 radical (unpaired) electrons. The molecule has 0 saturated carbocycles. The largest absolute Gasteiger partial charge is 0.480 e. The van der Waals surface area contributed by atoms with Crippen LogP contribution in [0.1, 0.15) is 79.1 Å². The van der Waals surface area contributed by atoms with Gasteiger partial charge in [0, 0.05) is 6.61 Å². The van der Waals surface area contributed by atoms with E-state index in [-0.39, 0.29) is 0 Å². The van der Waals surface area contributed by atoms with Gasteiger partial charge >= 0.3 is 5.97 Å². The molecule has 0 aromatic rings. The summed E-state index contributed by atoms with van der Waals surface area (Å²) in [6, 6.07) is 0. The van der Waals surface area contributed by atoms with Gasteiger partial charge in [0.15, 0.2) is 0 Å². The molecule has 2 atom stereocenters. The Hall–Kier alpha value is -0.610. The summed E-state index contributed by atoms with van der Waals surface area (Å²) in [4.78, 5) is 11.3. The number of unbranched alkanes of at least 4 members (excludes halogenated alkanes) is 4. The summed E-state index contributed by atoms with van der Waals surface area (Å²) in [5.74, 6) is -0.769. The van der Waals surface area contributed by atoms with E-state index >= 15 is 0 Å². The van der Waals surface area contributed by atoms with E-state index in [1.54, 1.807) is 6.92 Å². The summed E-state index contributed by atoms with van der Waals surface area (Å²) in [7, 11) is 0. The van der Waals surface area contributed by atoms with Crippen LogP contribution in [0.4, 0.5) is 0 Å². The molecule has 2 unspecified atom stereocenters. The van der Waals surface area contributed by atoms with Crippen LogP contribution in [0.15, 0.2) is 0 Å². The molecule has 2 N–H and O–H groups in total. The molecule has 4 nitrogen and oxygen atoms in total. The van der Waals surface area contributed by atoms with Crippen LogP contribution in [0.3, 0.4) is 0 Å². The van der Waals surface area contributed by atoms with Gasteiger partial charge in [-0.25, -0.2) is 0 Å². The molecule has 21 heavy (non-hydrogen) atoms. The zero-order chi connectivity index (χ0) is 16.1. The zero-order valence-electron chi connectivity index (χ0n) is 14.4. The van der Waals surface area contributed by atoms with Crippen molar-refractivity contribution in [2.45, 2.75) is 90.7 Å². The number of rotatable bonds is 14. The number of hydrogen-bond donors (Lipinski definition) is 2. The van der Waals surface area contributed by atoms with E-state index in [0.717, 1.165) is 25.9 Å². The van der Waals surface area contributed by atoms with Crippen molar-refractivity contribution < 1.29 is 14.6 Å². The van der Waals surface area contributed by atoms with Crippen molar-refractivity contribution in [2.24, 2.45) is 0 Å². The molecule has 126 valence electrons. The van der Waals surface area contributed by atoms with Crippen molar-refractivity contribution in [3.05, 3.63) is 0 Å². The third-order valence-corrected chi connectivity index (χ3v) is 3.98. The van der Waals surface area contributed by atoms with Gasteiger partial charge in [-0.05, 0) is 46.1 Å². The van der Waals surface area contributed by atoms with Gasteiger partial charge < -0.3 is 15.2 Å². The first-order valence-electron chi connectivity index (χ1n) is 8.56. The first kappa shape index (κ1) is 20.4. The van der Waals surface area contributed by atoms with Gasteiger partial charge in [0.2, 0.25) is 0 Å². The second kappa shape index (κ2) is 12.0. The summed E-state index contributed by atoms with van der Waals surface area (Å²) in [5.41, 5.74) is -0.805. The summed E-state index contributed by atoms with van der Waals surface area (Å²) in [6.07, 6.45) is 9.01. The number of nitrogens with one attached hydrogen (secondary N) is 1. The lowest BCUT2D eigenvalue weighted by Crippen LogP contribution is -2.49. The summed E-state index contributed by atoms with van der Waals surface area (Å²) in [5, 5.41) is 12.3. The number of aliphatic carboxylic acids is 1. The Morgan fingerprint density at radius 3 is 2.48 bits per heavy atom. The van der Waals surface area contributed by atoms with E-state index in [2.05, 4.69) is 19.2 Å². The fourth-order valence-corrected chi connectivity index (χ4v) is 2.47. The minimum Gasteiger partial charge on any atom is -0.480 e. The maximum atomic E-state index is 11.3. The van der Waals surface area contributed by atoms with Crippen LogP contribution in [0.25, 0.3) is 0 Å².